The van der Waals surface area contributed by atoms with Crippen LogP contribution in [-0.4, -0.2) is 31.1 Å². The van der Waals surface area contributed by atoms with Crippen LogP contribution in [0.5, 0.6) is 0 Å². The Morgan fingerprint density at radius 2 is 2.07 bits per heavy atom. The lowest BCUT2D eigenvalue weighted by molar-refractivity contribution is -0.181. The first kappa shape index (κ1) is 21.1. The number of aryl methyl sites for hydroxylation is 1. The maximum atomic E-state index is 13.3. The van der Waals surface area contributed by atoms with Crippen LogP contribution in [-0.2, 0) is 21.3 Å². The minimum Gasteiger partial charge on any atom is -0.380 e. The Bertz CT molecular complexity index is 1050. The summed E-state index contributed by atoms with van der Waals surface area (Å²) in [6.07, 6.45) is 3.80. The van der Waals surface area contributed by atoms with Crippen molar-refractivity contribution < 1.29 is 13.2 Å². The summed E-state index contributed by atoms with van der Waals surface area (Å²) >= 11 is 9.36. The maximum Gasteiger partial charge on any atom is 0.243 e. The molecule has 1 aliphatic carbocycles. The van der Waals surface area contributed by atoms with Crippen LogP contribution in [0.3, 0.4) is 0 Å². The zero-order valence-electron chi connectivity index (χ0n) is 16.3. The fourth-order valence-electron chi connectivity index (χ4n) is 4.41. The molecular weight excluding hydrogens is 478 g/mol. The number of benzene rings is 1. The van der Waals surface area contributed by atoms with Gasteiger partial charge >= 0.3 is 0 Å². The highest BCUT2D eigenvalue weighted by Gasteiger charge is 2.57. The van der Waals surface area contributed by atoms with Crippen molar-refractivity contribution in [2.75, 3.05) is 11.9 Å². The standard InChI is InChI=1S/C20H23BrClN3O3S/c1-13-7-18(22)24-10-14(13)9-23-16-8-15(21)3-4-17(16)29(26,27)25-20-5-6-28-19(2,11-20)12-20/h3-4,7-8,10,23,25H,5-6,9,11-12H2,1-2H3. The average molecular weight is 501 g/mol. The number of halogens is 2. The second kappa shape index (κ2) is 7.50. The Kier molecular flexibility index (Phi) is 5.44. The van der Waals surface area contributed by atoms with E-state index in [4.69, 9.17) is 16.3 Å². The van der Waals surface area contributed by atoms with Gasteiger partial charge in [0.15, 0.2) is 0 Å². The van der Waals surface area contributed by atoms with Gasteiger partial charge in [0.1, 0.15) is 10.0 Å². The zero-order chi connectivity index (χ0) is 20.9. The topological polar surface area (TPSA) is 80.3 Å². The SMILES string of the molecule is Cc1cc(Cl)ncc1CNc1cc(Br)ccc1S(=O)(=O)NC12CCOC(C)(C1)C2. The second-order valence-corrected chi connectivity index (χ2v) is 11.2. The van der Waals surface area contributed by atoms with Crippen molar-refractivity contribution in [1.82, 2.24) is 9.71 Å². The van der Waals surface area contributed by atoms with Gasteiger partial charge in [-0.25, -0.2) is 18.1 Å². The number of rotatable bonds is 6. The summed E-state index contributed by atoms with van der Waals surface area (Å²) in [7, 11) is -3.70. The van der Waals surface area contributed by atoms with Gasteiger partial charge in [0.05, 0.1) is 11.3 Å². The van der Waals surface area contributed by atoms with Gasteiger partial charge in [0.25, 0.3) is 0 Å². The van der Waals surface area contributed by atoms with Crippen LogP contribution in [0.2, 0.25) is 5.15 Å². The molecular formula is C20H23BrClN3O3S. The summed E-state index contributed by atoms with van der Waals surface area (Å²) in [5, 5.41) is 3.68. The summed E-state index contributed by atoms with van der Waals surface area (Å²) in [4.78, 5) is 4.34. The highest BCUT2D eigenvalue weighted by molar-refractivity contribution is 9.10. The van der Waals surface area contributed by atoms with Crippen LogP contribution < -0.4 is 10.0 Å². The monoisotopic (exact) mass is 499 g/mol. The number of nitrogens with zero attached hydrogens (tertiary/aromatic N) is 1. The van der Waals surface area contributed by atoms with Gasteiger partial charge < -0.3 is 10.1 Å². The van der Waals surface area contributed by atoms with E-state index in [2.05, 4.69) is 31.0 Å². The molecule has 2 aromatic rings. The fourth-order valence-corrected chi connectivity index (χ4v) is 6.58. The normalized spacial score (nSPS) is 26.1. The third kappa shape index (κ3) is 4.32. The molecule has 3 fully saturated rings. The summed E-state index contributed by atoms with van der Waals surface area (Å²) < 4.78 is 36.0. The summed E-state index contributed by atoms with van der Waals surface area (Å²) in [5.41, 5.74) is 1.85. The van der Waals surface area contributed by atoms with Crippen LogP contribution >= 0.6 is 27.5 Å². The lowest BCUT2D eigenvalue weighted by Gasteiger charge is -2.58. The minimum absolute atomic E-state index is 0.208. The highest BCUT2D eigenvalue weighted by Crippen LogP contribution is 2.50. The summed E-state index contributed by atoms with van der Waals surface area (Å²) in [6.45, 7) is 5.00. The number of nitrogens with one attached hydrogen (secondary N) is 2. The first-order valence-electron chi connectivity index (χ1n) is 9.42. The van der Waals surface area contributed by atoms with Gasteiger partial charge in [-0.15, -0.1) is 0 Å². The van der Waals surface area contributed by atoms with Gasteiger partial charge in [-0.1, -0.05) is 27.5 Å². The van der Waals surface area contributed by atoms with Crippen LogP contribution in [0.15, 0.2) is 39.8 Å². The maximum absolute atomic E-state index is 13.3. The average Bonchev–Trinajstić information content (AvgIpc) is 2.59. The summed E-state index contributed by atoms with van der Waals surface area (Å²) in [6, 6.07) is 6.92. The third-order valence-corrected chi connectivity index (χ3v) is 8.03. The second-order valence-electron chi connectivity index (χ2n) is 8.22. The molecule has 0 atom stereocenters. The predicted octanol–water partition coefficient (Wildman–Crippen LogP) is 4.41. The molecule has 0 amide bonds. The Morgan fingerprint density at radius 1 is 1.31 bits per heavy atom. The van der Waals surface area contributed by atoms with E-state index in [1.165, 1.54) is 0 Å². The minimum atomic E-state index is -3.70. The van der Waals surface area contributed by atoms with Crippen molar-refractivity contribution in [3.8, 4) is 0 Å². The first-order chi connectivity index (χ1) is 13.6. The number of hydrogen-bond donors (Lipinski definition) is 2. The molecule has 2 bridgehead atoms. The van der Waals surface area contributed by atoms with Crippen molar-refractivity contribution >= 4 is 43.2 Å². The smallest absolute Gasteiger partial charge is 0.243 e. The Labute approximate surface area is 184 Å². The van der Waals surface area contributed by atoms with Crippen LogP contribution in [0.1, 0.15) is 37.3 Å². The highest BCUT2D eigenvalue weighted by atomic mass is 79.9. The molecule has 2 saturated heterocycles. The van der Waals surface area contributed by atoms with Crippen LogP contribution in [0, 0.1) is 6.92 Å². The van der Waals surface area contributed by atoms with Crippen molar-refractivity contribution in [3.05, 3.63) is 51.2 Å². The molecule has 1 aromatic carbocycles. The molecule has 3 heterocycles. The summed E-state index contributed by atoms with van der Waals surface area (Å²) in [5.74, 6) is 0. The quantitative estimate of drug-likeness (QED) is 0.574. The van der Waals surface area contributed by atoms with Crippen molar-refractivity contribution in [1.29, 1.82) is 0 Å². The zero-order valence-corrected chi connectivity index (χ0v) is 19.4. The number of aromatic nitrogens is 1. The number of anilines is 1. The van der Waals surface area contributed by atoms with E-state index >= 15 is 0 Å². The number of pyridine rings is 1. The third-order valence-electron chi connectivity index (χ3n) is 5.69. The van der Waals surface area contributed by atoms with Crippen LogP contribution in [0.25, 0.3) is 0 Å². The van der Waals surface area contributed by atoms with E-state index in [0.29, 0.717) is 43.3 Å². The van der Waals surface area contributed by atoms with Crippen LogP contribution in [0.4, 0.5) is 5.69 Å². The molecule has 0 radical (unpaired) electrons. The molecule has 1 aromatic heterocycles. The molecule has 2 N–H and O–H groups in total. The molecule has 2 aliphatic heterocycles. The van der Waals surface area contributed by atoms with Crippen molar-refractivity contribution in [2.24, 2.45) is 0 Å². The molecule has 3 aliphatic rings. The van der Waals surface area contributed by atoms with E-state index < -0.39 is 15.6 Å². The van der Waals surface area contributed by atoms with E-state index in [1.807, 2.05) is 13.8 Å². The number of fused-ring (bicyclic) bond motifs is 2. The molecule has 0 spiro atoms. The first-order valence-corrected chi connectivity index (χ1v) is 12.1. The van der Waals surface area contributed by atoms with E-state index in [1.54, 1.807) is 30.5 Å². The fraction of sp³-hybridized carbons (Fsp3) is 0.450. The number of sulfonamides is 1. The molecule has 9 heteroatoms. The predicted molar refractivity (Wildman–Crippen MR) is 117 cm³/mol. The number of hydrogen-bond acceptors (Lipinski definition) is 5. The molecule has 29 heavy (non-hydrogen) atoms. The number of ether oxygens (including phenoxy) is 1. The van der Waals surface area contributed by atoms with Crippen molar-refractivity contribution in [2.45, 2.75) is 55.7 Å². The van der Waals surface area contributed by atoms with Crippen molar-refractivity contribution in [3.63, 3.8) is 0 Å². The van der Waals surface area contributed by atoms with Gasteiger partial charge in [-0.05, 0) is 68.5 Å². The largest absolute Gasteiger partial charge is 0.380 e. The van der Waals surface area contributed by atoms with E-state index in [9.17, 15) is 8.42 Å². The lowest BCUT2D eigenvalue weighted by atomic mass is 9.63. The van der Waals surface area contributed by atoms with Gasteiger partial charge in [-0.3, -0.25) is 0 Å². The molecule has 156 valence electrons. The van der Waals surface area contributed by atoms with Gasteiger partial charge in [-0.2, -0.15) is 0 Å². The van der Waals surface area contributed by atoms with E-state index in [0.717, 1.165) is 15.6 Å². The molecule has 1 saturated carbocycles. The van der Waals surface area contributed by atoms with E-state index in [-0.39, 0.29) is 10.5 Å². The van der Waals surface area contributed by atoms with Gasteiger partial charge in [0, 0.05) is 29.4 Å². The Hall–Kier alpha value is -1.19. The Morgan fingerprint density at radius 3 is 2.76 bits per heavy atom. The Balaban J connectivity index is 1.57. The molecule has 0 unspecified atom stereocenters. The lowest BCUT2D eigenvalue weighted by Crippen LogP contribution is -2.68. The molecule has 5 rings (SSSR count). The molecule has 6 nitrogen and oxygen atoms in total. The van der Waals surface area contributed by atoms with Gasteiger partial charge in [0.2, 0.25) is 10.0 Å².